The first-order valence-corrected chi connectivity index (χ1v) is 8.23. The van der Waals surface area contributed by atoms with Crippen molar-refractivity contribution < 1.29 is 9.90 Å². The van der Waals surface area contributed by atoms with Crippen molar-refractivity contribution in [3.05, 3.63) is 94.3 Å². The van der Waals surface area contributed by atoms with E-state index in [1.54, 1.807) is 48.9 Å². The number of fused-ring (bicyclic) bond motifs is 1. The molecule has 0 fully saturated rings. The van der Waals surface area contributed by atoms with Gasteiger partial charge in [0, 0.05) is 25.0 Å². The summed E-state index contributed by atoms with van der Waals surface area (Å²) in [5.74, 6) is -1.06. The zero-order chi connectivity index (χ0) is 18.8. The van der Waals surface area contributed by atoms with Gasteiger partial charge in [-0.3, -0.25) is 14.3 Å². The Morgan fingerprint density at radius 3 is 2.70 bits per heavy atom. The van der Waals surface area contributed by atoms with E-state index in [-0.39, 0.29) is 11.1 Å². The van der Waals surface area contributed by atoms with Crippen LogP contribution >= 0.6 is 0 Å². The number of benzene rings is 1. The highest BCUT2D eigenvalue weighted by molar-refractivity contribution is 5.88. The van der Waals surface area contributed by atoms with Crippen molar-refractivity contribution in [1.82, 2.24) is 19.5 Å². The van der Waals surface area contributed by atoms with Gasteiger partial charge < -0.3 is 5.11 Å². The Bertz CT molecular complexity index is 1200. The summed E-state index contributed by atoms with van der Waals surface area (Å²) in [6.45, 7) is 0. The third kappa shape index (κ3) is 3.18. The highest BCUT2D eigenvalue weighted by Gasteiger charge is 2.15. The first-order valence-electron chi connectivity index (χ1n) is 8.23. The number of carboxylic acids is 1. The Hall–Kier alpha value is -3.87. The predicted octanol–water partition coefficient (Wildman–Crippen LogP) is 2.46. The van der Waals surface area contributed by atoms with Gasteiger partial charge >= 0.3 is 5.97 Å². The topological polar surface area (TPSA) is 98.0 Å². The Labute approximate surface area is 153 Å². The zero-order valence-electron chi connectivity index (χ0n) is 14.1. The predicted molar refractivity (Wildman–Crippen MR) is 99.1 cm³/mol. The molecule has 0 atom stereocenters. The molecule has 0 aliphatic heterocycles. The summed E-state index contributed by atoms with van der Waals surface area (Å²) in [5, 5.41) is 9.27. The van der Waals surface area contributed by atoms with Crippen molar-refractivity contribution in [2.75, 3.05) is 0 Å². The van der Waals surface area contributed by atoms with Gasteiger partial charge in [-0.05, 0) is 42.0 Å². The standard InChI is InChI=1S/C20H14N4O3/c25-19-17(10-13-4-2-8-21-12-13)23-16-7-3-9-22-18(16)24(19)15-6-1-5-14(11-15)20(26)27/h1-9,11-12H,10H2,(H,26,27). The monoisotopic (exact) mass is 358 g/mol. The summed E-state index contributed by atoms with van der Waals surface area (Å²) in [7, 11) is 0. The molecule has 0 spiro atoms. The minimum atomic E-state index is -1.06. The molecule has 0 unspecified atom stereocenters. The molecular weight excluding hydrogens is 344 g/mol. The third-order valence-corrected chi connectivity index (χ3v) is 4.13. The molecule has 7 nitrogen and oxygen atoms in total. The summed E-state index contributed by atoms with van der Waals surface area (Å²) in [4.78, 5) is 37.3. The molecule has 7 heteroatoms. The summed E-state index contributed by atoms with van der Waals surface area (Å²) >= 11 is 0. The molecule has 0 aliphatic carbocycles. The lowest BCUT2D eigenvalue weighted by Crippen LogP contribution is -2.25. The fourth-order valence-electron chi connectivity index (χ4n) is 2.90. The lowest BCUT2D eigenvalue weighted by atomic mass is 10.1. The molecule has 0 amide bonds. The SMILES string of the molecule is O=C(O)c1cccc(-n2c(=O)c(Cc3cccnc3)nc3cccnc32)c1. The third-order valence-electron chi connectivity index (χ3n) is 4.13. The number of nitrogens with zero attached hydrogens (tertiary/aromatic N) is 4. The van der Waals surface area contributed by atoms with Crippen LogP contribution in [0.5, 0.6) is 0 Å². The smallest absolute Gasteiger partial charge is 0.335 e. The maximum Gasteiger partial charge on any atom is 0.335 e. The highest BCUT2D eigenvalue weighted by Crippen LogP contribution is 2.16. The quantitative estimate of drug-likeness (QED) is 0.602. The molecule has 4 aromatic rings. The van der Waals surface area contributed by atoms with Crippen LogP contribution in [0.3, 0.4) is 0 Å². The van der Waals surface area contributed by atoms with Gasteiger partial charge in [0.2, 0.25) is 0 Å². The van der Waals surface area contributed by atoms with E-state index < -0.39 is 5.97 Å². The molecule has 132 valence electrons. The first kappa shape index (κ1) is 16.6. The van der Waals surface area contributed by atoms with Crippen molar-refractivity contribution in [1.29, 1.82) is 0 Å². The van der Waals surface area contributed by atoms with Crippen LogP contribution < -0.4 is 5.56 Å². The van der Waals surface area contributed by atoms with Crippen molar-refractivity contribution in [3.8, 4) is 5.69 Å². The molecule has 27 heavy (non-hydrogen) atoms. The average molecular weight is 358 g/mol. The number of carboxylic acid groups (broad SMARTS) is 1. The van der Waals surface area contributed by atoms with E-state index in [1.807, 2.05) is 6.07 Å². The summed E-state index contributed by atoms with van der Waals surface area (Å²) < 4.78 is 1.40. The van der Waals surface area contributed by atoms with Gasteiger partial charge in [0.15, 0.2) is 5.65 Å². The summed E-state index contributed by atoms with van der Waals surface area (Å²) in [6.07, 6.45) is 5.23. The molecule has 1 aromatic carbocycles. The van der Waals surface area contributed by atoms with E-state index in [1.165, 1.54) is 16.7 Å². The van der Waals surface area contributed by atoms with Crippen LogP contribution in [0.15, 0.2) is 71.9 Å². The zero-order valence-corrected chi connectivity index (χ0v) is 14.1. The van der Waals surface area contributed by atoms with Crippen LogP contribution in [-0.4, -0.2) is 30.6 Å². The van der Waals surface area contributed by atoms with Gasteiger partial charge in [-0.1, -0.05) is 12.1 Å². The van der Waals surface area contributed by atoms with Crippen LogP contribution in [0.4, 0.5) is 0 Å². The summed E-state index contributed by atoms with van der Waals surface area (Å²) in [6, 6.07) is 13.4. The lowest BCUT2D eigenvalue weighted by molar-refractivity contribution is 0.0697. The molecule has 1 N–H and O–H groups in total. The van der Waals surface area contributed by atoms with Crippen LogP contribution in [0.2, 0.25) is 0 Å². The molecule has 0 saturated heterocycles. The fourth-order valence-corrected chi connectivity index (χ4v) is 2.90. The Morgan fingerprint density at radius 2 is 1.93 bits per heavy atom. The van der Waals surface area contributed by atoms with Gasteiger partial charge in [-0.2, -0.15) is 0 Å². The van der Waals surface area contributed by atoms with Crippen molar-refractivity contribution >= 4 is 17.1 Å². The van der Waals surface area contributed by atoms with Crippen LogP contribution in [-0.2, 0) is 6.42 Å². The van der Waals surface area contributed by atoms with Crippen LogP contribution in [0.25, 0.3) is 16.9 Å². The van der Waals surface area contributed by atoms with E-state index in [9.17, 15) is 14.7 Å². The Kier molecular flexibility index (Phi) is 4.18. The second-order valence-corrected chi connectivity index (χ2v) is 5.94. The van der Waals surface area contributed by atoms with Crippen molar-refractivity contribution in [3.63, 3.8) is 0 Å². The molecule has 3 heterocycles. The van der Waals surface area contributed by atoms with Crippen LogP contribution in [0.1, 0.15) is 21.6 Å². The Balaban J connectivity index is 1.96. The largest absolute Gasteiger partial charge is 0.478 e. The maximum atomic E-state index is 13.2. The normalized spacial score (nSPS) is 10.8. The van der Waals surface area contributed by atoms with E-state index in [0.29, 0.717) is 29.0 Å². The maximum absolute atomic E-state index is 13.2. The van der Waals surface area contributed by atoms with Gasteiger partial charge in [-0.25, -0.2) is 14.8 Å². The van der Waals surface area contributed by atoms with E-state index >= 15 is 0 Å². The number of aromatic nitrogens is 4. The molecule has 0 bridgehead atoms. The lowest BCUT2D eigenvalue weighted by Gasteiger charge is -2.12. The first-order chi connectivity index (χ1) is 13.1. The highest BCUT2D eigenvalue weighted by atomic mass is 16.4. The number of pyridine rings is 2. The average Bonchev–Trinajstić information content (AvgIpc) is 2.69. The van der Waals surface area contributed by atoms with Gasteiger partial charge in [-0.15, -0.1) is 0 Å². The second kappa shape index (κ2) is 6.80. The van der Waals surface area contributed by atoms with Gasteiger partial charge in [0.1, 0.15) is 11.2 Å². The number of aromatic carboxylic acids is 1. The van der Waals surface area contributed by atoms with E-state index in [0.717, 1.165) is 5.56 Å². The molecule has 3 aromatic heterocycles. The Morgan fingerprint density at radius 1 is 1.07 bits per heavy atom. The molecule has 4 rings (SSSR count). The minimum Gasteiger partial charge on any atom is -0.478 e. The van der Waals surface area contributed by atoms with Gasteiger partial charge in [0.25, 0.3) is 5.56 Å². The number of carbonyl (C=O) groups is 1. The summed E-state index contributed by atoms with van der Waals surface area (Å²) in [5.41, 5.74) is 2.30. The molecular formula is C20H14N4O3. The number of rotatable bonds is 4. The number of hydrogen-bond donors (Lipinski definition) is 1. The molecule has 0 radical (unpaired) electrons. The minimum absolute atomic E-state index is 0.0918. The fraction of sp³-hybridized carbons (Fsp3) is 0.0500. The number of hydrogen-bond acceptors (Lipinski definition) is 5. The van der Waals surface area contributed by atoms with Crippen molar-refractivity contribution in [2.45, 2.75) is 6.42 Å². The van der Waals surface area contributed by atoms with Gasteiger partial charge in [0.05, 0.1) is 11.3 Å². The van der Waals surface area contributed by atoms with E-state index in [2.05, 4.69) is 15.0 Å². The van der Waals surface area contributed by atoms with Crippen molar-refractivity contribution in [2.24, 2.45) is 0 Å². The molecule has 0 aliphatic rings. The van der Waals surface area contributed by atoms with E-state index in [4.69, 9.17) is 0 Å². The molecule has 0 saturated carbocycles. The van der Waals surface area contributed by atoms with Crippen LogP contribution in [0, 0.1) is 0 Å². The second-order valence-electron chi connectivity index (χ2n) is 5.94.